The molecule has 3 N–H and O–H groups in total. The summed E-state index contributed by atoms with van der Waals surface area (Å²) in [5.74, 6) is 1.50. The maximum atomic E-state index is 11.8. The van der Waals surface area contributed by atoms with Crippen molar-refractivity contribution < 1.29 is 9.21 Å². The molecule has 0 spiro atoms. The Labute approximate surface area is 96.2 Å². The van der Waals surface area contributed by atoms with E-state index in [1.165, 1.54) is 0 Å². The zero-order valence-electron chi connectivity index (χ0n) is 10.1. The number of hydrogen-bond donors (Lipinski definition) is 2. The van der Waals surface area contributed by atoms with Crippen LogP contribution in [0.1, 0.15) is 37.8 Å². The average Bonchev–Trinajstić information content (AvgIpc) is 2.66. The largest absolute Gasteiger partial charge is 0.464 e. The van der Waals surface area contributed by atoms with Gasteiger partial charge in [0.2, 0.25) is 5.91 Å². The first kappa shape index (κ1) is 12.8. The highest BCUT2D eigenvalue weighted by atomic mass is 16.3. The minimum Gasteiger partial charge on any atom is -0.464 e. The lowest BCUT2D eigenvalue weighted by Gasteiger charge is -2.16. The number of rotatable bonds is 5. The number of nitrogens with one attached hydrogen (secondary N) is 1. The smallest absolute Gasteiger partial charge is 0.224 e. The van der Waals surface area contributed by atoms with Crippen molar-refractivity contribution in [3.05, 3.63) is 23.7 Å². The Balaban J connectivity index is 2.57. The first-order valence-corrected chi connectivity index (χ1v) is 5.65. The highest BCUT2D eigenvalue weighted by Gasteiger charge is 2.18. The second-order valence-electron chi connectivity index (χ2n) is 4.02. The Morgan fingerprint density at radius 3 is 2.69 bits per heavy atom. The van der Waals surface area contributed by atoms with Crippen molar-refractivity contribution in [3.8, 4) is 0 Å². The van der Waals surface area contributed by atoms with Crippen molar-refractivity contribution in [2.45, 2.75) is 33.2 Å². The van der Waals surface area contributed by atoms with Crippen LogP contribution < -0.4 is 11.1 Å². The number of furan rings is 1. The van der Waals surface area contributed by atoms with Crippen LogP contribution in [0.25, 0.3) is 0 Å². The molecule has 0 radical (unpaired) electrons. The van der Waals surface area contributed by atoms with E-state index in [2.05, 4.69) is 5.32 Å². The van der Waals surface area contributed by atoms with Gasteiger partial charge in [-0.05, 0) is 32.4 Å². The quantitative estimate of drug-likeness (QED) is 0.800. The molecule has 1 rings (SSSR count). The Kier molecular flexibility index (Phi) is 4.55. The maximum Gasteiger partial charge on any atom is 0.224 e. The lowest BCUT2D eigenvalue weighted by molar-refractivity contribution is -0.125. The van der Waals surface area contributed by atoms with Gasteiger partial charge in [-0.3, -0.25) is 4.79 Å². The molecule has 4 heteroatoms. The van der Waals surface area contributed by atoms with Crippen molar-refractivity contribution in [2.75, 3.05) is 6.54 Å². The van der Waals surface area contributed by atoms with E-state index in [0.29, 0.717) is 6.54 Å². The van der Waals surface area contributed by atoms with Crippen LogP contribution in [0.5, 0.6) is 0 Å². The maximum absolute atomic E-state index is 11.8. The number of nitrogens with two attached hydrogens (primary N) is 1. The zero-order chi connectivity index (χ0) is 12.1. The summed E-state index contributed by atoms with van der Waals surface area (Å²) in [6, 6.07) is 3.66. The fraction of sp³-hybridized carbons (Fsp3) is 0.583. The first-order valence-electron chi connectivity index (χ1n) is 5.65. The third-order valence-corrected chi connectivity index (χ3v) is 2.69. The minimum atomic E-state index is -0.112. The summed E-state index contributed by atoms with van der Waals surface area (Å²) in [5.41, 5.74) is 5.52. The van der Waals surface area contributed by atoms with E-state index in [4.69, 9.17) is 10.2 Å². The van der Waals surface area contributed by atoms with E-state index < -0.39 is 0 Å². The molecule has 16 heavy (non-hydrogen) atoms. The van der Waals surface area contributed by atoms with Crippen molar-refractivity contribution in [3.63, 3.8) is 0 Å². The van der Waals surface area contributed by atoms with E-state index in [1.807, 2.05) is 32.9 Å². The monoisotopic (exact) mass is 224 g/mol. The molecular formula is C12H20N2O2. The zero-order valence-corrected chi connectivity index (χ0v) is 10.1. The summed E-state index contributed by atoms with van der Waals surface area (Å²) in [6.07, 6.45) is 0.756. The van der Waals surface area contributed by atoms with Gasteiger partial charge in [-0.1, -0.05) is 6.92 Å². The average molecular weight is 224 g/mol. The van der Waals surface area contributed by atoms with Gasteiger partial charge in [0.15, 0.2) is 0 Å². The molecule has 0 aromatic carbocycles. The number of carbonyl (C=O) groups excluding carboxylic acids is 1. The van der Waals surface area contributed by atoms with E-state index in [9.17, 15) is 4.79 Å². The SMILES string of the molecule is CCC(CN)C(=O)NC(C)c1ccc(C)o1. The Hall–Kier alpha value is -1.29. The number of carbonyl (C=O) groups is 1. The Morgan fingerprint density at radius 1 is 1.56 bits per heavy atom. The molecule has 0 saturated heterocycles. The van der Waals surface area contributed by atoms with Gasteiger partial charge in [-0.25, -0.2) is 0 Å². The van der Waals surface area contributed by atoms with E-state index in [1.54, 1.807) is 0 Å². The van der Waals surface area contributed by atoms with Gasteiger partial charge in [-0.2, -0.15) is 0 Å². The summed E-state index contributed by atoms with van der Waals surface area (Å²) in [6.45, 7) is 6.12. The van der Waals surface area contributed by atoms with Crippen LogP contribution >= 0.6 is 0 Å². The van der Waals surface area contributed by atoms with Gasteiger partial charge in [-0.15, -0.1) is 0 Å². The second-order valence-corrected chi connectivity index (χ2v) is 4.02. The van der Waals surface area contributed by atoms with Crippen LogP contribution in [0.2, 0.25) is 0 Å². The van der Waals surface area contributed by atoms with Gasteiger partial charge in [0.05, 0.1) is 6.04 Å². The predicted molar refractivity (Wildman–Crippen MR) is 62.8 cm³/mol. The van der Waals surface area contributed by atoms with Crippen LogP contribution in [-0.4, -0.2) is 12.5 Å². The summed E-state index contributed by atoms with van der Waals surface area (Å²) in [4.78, 5) is 11.8. The lowest BCUT2D eigenvalue weighted by Crippen LogP contribution is -2.36. The van der Waals surface area contributed by atoms with Crippen molar-refractivity contribution in [1.82, 2.24) is 5.32 Å². The molecule has 0 aliphatic rings. The molecule has 2 atom stereocenters. The van der Waals surface area contributed by atoms with E-state index in [-0.39, 0.29) is 17.9 Å². The third kappa shape index (κ3) is 3.10. The van der Waals surface area contributed by atoms with Gasteiger partial charge >= 0.3 is 0 Å². The second kappa shape index (κ2) is 5.70. The summed E-state index contributed by atoms with van der Waals surface area (Å²) >= 11 is 0. The summed E-state index contributed by atoms with van der Waals surface area (Å²) in [5, 5.41) is 2.90. The Bertz CT molecular complexity index is 343. The number of aryl methyl sites for hydroxylation is 1. The van der Waals surface area contributed by atoms with Crippen LogP contribution in [0, 0.1) is 12.8 Å². The van der Waals surface area contributed by atoms with Gasteiger partial charge < -0.3 is 15.5 Å². The van der Waals surface area contributed by atoms with Gasteiger partial charge in [0.25, 0.3) is 0 Å². The molecule has 0 aliphatic carbocycles. The molecule has 1 amide bonds. The highest BCUT2D eigenvalue weighted by Crippen LogP contribution is 2.16. The first-order chi connectivity index (χ1) is 7.58. The van der Waals surface area contributed by atoms with Crippen LogP contribution in [0.3, 0.4) is 0 Å². The summed E-state index contributed by atoms with van der Waals surface area (Å²) < 4.78 is 5.45. The molecule has 0 saturated carbocycles. The van der Waals surface area contributed by atoms with Crippen molar-refractivity contribution in [2.24, 2.45) is 11.7 Å². The highest BCUT2D eigenvalue weighted by molar-refractivity contribution is 5.79. The molecular weight excluding hydrogens is 204 g/mol. The fourth-order valence-corrected chi connectivity index (χ4v) is 1.55. The van der Waals surface area contributed by atoms with E-state index >= 15 is 0 Å². The summed E-state index contributed by atoms with van der Waals surface area (Å²) in [7, 11) is 0. The molecule has 0 bridgehead atoms. The topological polar surface area (TPSA) is 68.3 Å². The molecule has 0 fully saturated rings. The van der Waals surface area contributed by atoms with Crippen molar-refractivity contribution in [1.29, 1.82) is 0 Å². The fourth-order valence-electron chi connectivity index (χ4n) is 1.55. The normalized spacial score (nSPS) is 14.5. The Morgan fingerprint density at radius 2 is 2.25 bits per heavy atom. The number of amides is 1. The van der Waals surface area contributed by atoms with Gasteiger partial charge in [0, 0.05) is 12.5 Å². The predicted octanol–water partition coefficient (Wildman–Crippen LogP) is 1.75. The minimum absolute atomic E-state index is 0.00782. The lowest BCUT2D eigenvalue weighted by atomic mass is 10.1. The molecule has 90 valence electrons. The molecule has 1 aromatic rings. The molecule has 1 heterocycles. The van der Waals surface area contributed by atoms with Crippen molar-refractivity contribution >= 4 is 5.91 Å². The van der Waals surface area contributed by atoms with Gasteiger partial charge in [0.1, 0.15) is 11.5 Å². The van der Waals surface area contributed by atoms with Crippen LogP contribution in [0.15, 0.2) is 16.5 Å². The van der Waals surface area contributed by atoms with E-state index in [0.717, 1.165) is 17.9 Å². The van der Waals surface area contributed by atoms with Crippen LogP contribution in [-0.2, 0) is 4.79 Å². The van der Waals surface area contributed by atoms with Crippen LogP contribution in [0.4, 0.5) is 0 Å². The molecule has 2 unspecified atom stereocenters. The molecule has 4 nitrogen and oxygen atoms in total. The number of hydrogen-bond acceptors (Lipinski definition) is 3. The molecule has 1 aromatic heterocycles. The molecule has 0 aliphatic heterocycles. The third-order valence-electron chi connectivity index (χ3n) is 2.69. The standard InChI is InChI=1S/C12H20N2O2/c1-4-10(7-13)12(15)14-9(3)11-6-5-8(2)16-11/h5-6,9-10H,4,7,13H2,1-3H3,(H,14,15).